The Morgan fingerprint density at radius 3 is 2.44 bits per heavy atom. The van der Waals surface area contributed by atoms with Gasteiger partial charge in [-0.05, 0) is 85.0 Å². The van der Waals surface area contributed by atoms with E-state index < -0.39 is 0 Å². The minimum absolute atomic E-state index is 0.188. The lowest BCUT2D eigenvalue weighted by molar-refractivity contribution is 0.102. The number of methoxy groups -OCH3 is 2. The molecule has 230 valence electrons. The van der Waals surface area contributed by atoms with Gasteiger partial charge in [0.1, 0.15) is 18.1 Å². The molecule has 0 saturated heterocycles. The van der Waals surface area contributed by atoms with E-state index in [1.54, 1.807) is 25.0 Å². The van der Waals surface area contributed by atoms with Crippen molar-refractivity contribution in [1.82, 2.24) is 19.9 Å². The number of carbonyl (C=O) groups is 1. The summed E-state index contributed by atoms with van der Waals surface area (Å²) in [4.78, 5) is 15.3. The number of fused-ring (bicyclic) bond motifs is 1. The molecule has 5 aromatic rings. The number of hydrogen-bond donors (Lipinski definition) is 1. The Kier molecular flexibility index (Phi) is 9.07. The van der Waals surface area contributed by atoms with Crippen molar-refractivity contribution < 1.29 is 19.0 Å². The highest BCUT2D eigenvalue weighted by molar-refractivity contribution is 6.05. The largest absolute Gasteiger partial charge is 0.493 e. The third-order valence-electron chi connectivity index (χ3n) is 8.05. The monoisotopic (exact) mass is 603 g/mol. The van der Waals surface area contributed by atoms with Crippen molar-refractivity contribution in [3.05, 3.63) is 125 Å². The second-order valence-corrected chi connectivity index (χ2v) is 11.2. The van der Waals surface area contributed by atoms with Crippen LogP contribution in [0.4, 0.5) is 5.69 Å². The van der Waals surface area contributed by atoms with Gasteiger partial charge >= 0.3 is 0 Å². The van der Waals surface area contributed by atoms with Crippen LogP contribution >= 0.6 is 0 Å². The number of carbonyl (C=O) groups excluding carboxylic acids is 1. The molecule has 9 nitrogen and oxygen atoms in total. The van der Waals surface area contributed by atoms with Gasteiger partial charge in [0.25, 0.3) is 5.91 Å². The smallest absolute Gasteiger partial charge is 0.255 e. The average molecular weight is 604 g/mol. The fourth-order valence-corrected chi connectivity index (χ4v) is 5.55. The molecule has 0 spiro atoms. The maximum Gasteiger partial charge on any atom is 0.255 e. The summed E-state index contributed by atoms with van der Waals surface area (Å²) in [6, 6.07) is 27.5. The Balaban J connectivity index is 1.02. The van der Waals surface area contributed by atoms with Gasteiger partial charge in [-0.2, -0.15) is 0 Å². The molecule has 6 rings (SSSR count). The van der Waals surface area contributed by atoms with Gasteiger partial charge in [0.05, 0.1) is 31.8 Å². The molecule has 4 aromatic carbocycles. The van der Waals surface area contributed by atoms with Crippen LogP contribution in [-0.4, -0.2) is 53.1 Å². The molecule has 0 bridgehead atoms. The normalized spacial score (nSPS) is 12.8. The number of amides is 1. The predicted octanol–water partition coefficient (Wildman–Crippen LogP) is 6.03. The van der Waals surface area contributed by atoms with E-state index in [0.29, 0.717) is 22.7 Å². The first kappa shape index (κ1) is 29.9. The van der Waals surface area contributed by atoms with Crippen LogP contribution in [-0.2, 0) is 26.0 Å². The Labute approximate surface area is 263 Å². The maximum atomic E-state index is 12.8. The summed E-state index contributed by atoms with van der Waals surface area (Å²) in [6.07, 6.45) is 3.82. The van der Waals surface area contributed by atoms with Crippen molar-refractivity contribution in [2.24, 2.45) is 0 Å². The number of rotatable bonds is 11. The molecule has 0 aliphatic carbocycles. The Morgan fingerprint density at radius 2 is 1.67 bits per heavy atom. The fourth-order valence-electron chi connectivity index (χ4n) is 5.55. The van der Waals surface area contributed by atoms with E-state index in [0.717, 1.165) is 55.2 Å². The third kappa shape index (κ3) is 7.16. The number of nitrogens with zero attached hydrogens (tertiary/aromatic N) is 4. The van der Waals surface area contributed by atoms with Crippen LogP contribution < -0.4 is 19.5 Å². The minimum Gasteiger partial charge on any atom is -0.493 e. The molecule has 1 amide bonds. The molecular formula is C36H37N5O4. The molecule has 0 atom stereocenters. The predicted molar refractivity (Wildman–Crippen MR) is 173 cm³/mol. The molecule has 0 unspecified atom stereocenters. The summed E-state index contributed by atoms with van der Waals surface area (Å²) in [5.41, 5.74) is 7.73. The van der Waals surface area contributed by atoms with E-state index in [2.05, 4.69) is 56.9 Å². The van der Waals surface area contributed by atoms with Crippen molar-refractivity contribution in [3.63, 3.8) is 0 Å². The minimum atomic E-state index is -0.188. The van der Waals surface area contributed by atoms with E-state index in [-0.39, 0.29) is 12.5 Å². The first-order valence-electron chi connectivity index (χ1n) is 15.1. The summed E-state index contributed by atoms with van der Waals surface area (Å²) in [5, 5.41) is 11.6. The number of benzene rings is 4. The number of nitrogens with one attached hydrogen (secondary N) is 1. The number of para-hydroxylation sites is 2. The molecule has 2 heterocycles. The standard InChI is InChI=1S/C36H37N5O4/c1-25-7-6-8-28(19-25)36(42)37-32-9-4-5-10-33(32)45-24-30-23-41(39-38-30)31-13-11-26(12-14-31)15-17-40-18-16-27-20-34(43-2)35(44-3)21-29(27)22-40/h4-14,19-21,23H,15-18,22,24H2,1-3H3,(H,37,42). The van der Waals surface area contributed by atoms with E-state index >= 15 is 0 Å². The second-order valence-electron chi connectivity index (χ2n) is 11.2. The van der Waals surface area contributed by atoms with Crippen molar-refractivity contribution in [3.8, 4) is 22.9 Å². The van der Waals surface area contributed by atoms with E-state index in [9.17, 15) is 4.79 Å². The van der Waals surface area contributed by atoms with Gasteiger partial charge in [0.2, 0.25) is 0 Å². The summed E-state index contributed by atoms with van der Waals surface area (Å²) in [7, 11) is 3.36. The van der Waals surface area contributed by atoms with Crippen molar-refractivity contribution in [2.45, 2.75) is 32.9 Å². The second kappa shape index (κ2) is 13.7. The number of ether oxygens (including phenoxy) is 3. The lowest BCUT2D eigenvalue weighted by Gasteiger charge is -2.29. The number of aromatic nitrogens is 3. The first-order valence-corrected chi connectivity index (χ1v) is 15.1. The van der Waals surface area contributed by atoms with Crippen molar-refractivity contribution >= 4 is 11.6 Å². The fraction of sp³-hybridized carbons (Fsp3) is 0.250. The molecule has 0 saturated carbocycles. The van der Waals surface area contributed by atoms with Gasteiger partial charge in [-0.3, -0.25) is 9.69 Å². The third-order valence-corrected chi connectivity index (χ3v) is 8.05. The SMILES string of the molecule is COc1cc2c(cc1OC)CN(CCc1ccc(-n3cc(COc4ccccc4NC(=O)c4cccc(C)c4)nn3)cc1)CC2. The Morgan fingerprint density at radius 1 is 0.889 bits per heavy atom. The zero-order valence-electron chi connectivity index (χ0n) is 25.8. The lowest BCUT2D eigenvalue weighted by Crippen LogP contribution is -2.32. The van der Waals surface area contributed by atoms with Crippen molar-refractivity contribution in [1.29, 1.82) is 0 Å². The van der Waals surface area contributed by atoms with Crippen LogP contribution in [0.5, 0.6) is 17.2 Å². The van der Waals surface area contributed by atoms with E-state index in [4.69, 9.17) is 14.2 Å². The van der Waals surface area contributed by atoms with Crippen LogP contribution in [0.25, 0.3) is 5.69 Å². The van der Waals surface area contributed by atoms with Crippen molar-refractivity contribution in [2.75, 3.05) is 32.6 Å². The van der Waals surface area contributed by atoms with Gasteiger partial charge in [-0.1, -0.05) is 47.2 Å². The van der Waals surface area contributed by atoms with Crippen LogP contribution in [0.2, 0.25) is 0 Å². The summed E-state index contributed by atoms with van der Waals surface area (Å²) < 4.78 is 18.8. The zero-order chi connectivity index (χ0) is 31.2. The molecule has 0 fully saturated rings. The van der Waals surface area contributed by atoms with Crippen LogP contribution in [0.3, 0.4) is 0 Å². The zero-order valence-corrected chi connectivity index (χ0v) is 25.8. The number of hydrogen-bond acceptors (Lipinski definition) is 7. The lowest BCUT2D eigenvalue weighted by atomic mass is 9.98. The van der Waals surface area contributed by atoms with Gasteiger partial charge in [0.15, 0.2) is 11.5 Å². The molecule has 1 aliphatic heterocycles. The number of aryl methyl sites for hydroxylation is 1. The Hall–Kier alpha value is -5.15. The molecule has 1 aromatic heterocycles. The van der Waals surface area contributed by atoms with Gasteiger partial charge in [0, 0.05) is 25.2 Å². The first-order chi connectivity index (χ1) is 22.0. The quantitative estimate of drug-likeness (QED) is 0.197. The highest BCUT2D eigenvalue weighted by atomic mass is 16.5. The van der Waals surface area contributed by atoms with Crippen LogP contribution in [0.1, 0.15) is 38.3 Å². The van der Waals surface area contributed by atoms with Crippen LogP contribution in [0.15, 0.2) is 91.1 Å². The van der Waals surface area contributed by atoms with Crippen LogP contribution in [0, 0.1) is 6.92 Å². The van der Waals surface area contributed by atoms with E-state index in [1.165, 1.54) is 16.7 Å². The molecule has 0 radical (unpaired) electrons. The average Bonchev–Trinajstić information content (AvgIpc) is 3.55. The van der Waals surface area contributed by atoms with Gasteiger partial charge < -0.3 is 19.5 Å². The highest BCUT2D eigenvalue weighted by Gasteiger charge is 2.19. The summed E-state index contributed by atoms with van der Waals surface area (Å²) in [6.45, 7) is 5.08. The van der Waals surface area contributed by atoms with E-state index in [1.807, 2.05) is 55.6 Å². The summed E-state index contributed by atoms with van der Waals surface area (Å²) >= 11 is 0. The topological polar surface area (TPSA) is 90.7 Å². The van der Waals surface area contributed by atoms with Gasteiger partial charge in [-0.15, -0.1) is 5.10 Å². The Bertz CT molecular complexity index is 1780. The van der Waals surface area contributed by atoms with Gasteiger partial charge in [-0.25, -0.2) is 4.68 Å². The summed E-state index contributed by atoms with van der Waals surface area (Å²) in [5.74, 6) is 1.95. The number of anilines is 1. The molecule has 1 N–H and O–H groups in total. The molecular weight excluding hydrogens is 566 g/mol. The maximum absolute atomic E-state index is 12.8. The highest BCUT2D eigenvalue weighted by Crippen LogP contribution is 2.33. The molecule has 45 heavy (non-hydrogen) atoms. The molecule has 9 heteroatoms. The molecule has 1 aliphatic rings.